The fourth-order valence-corrected chi connectivity index (χ4v) is 5.56. The molecule has 1 aliphatic carbocycles. The van der Waals surface area contributed by atoms with Crippen LogP contribution in [0, 0.1) is 0 Å². The van der Waals surface area contributed by atoms with E-state index in [4.69, 9.17) is 0 Å². The number of rotatable bonds is 4. The number of aryl methyl sites for hydroxylation is 1. The maximum atomic E-state index is 4.49. The Bertz CT molecular complexity index is 869. The van der Waals surface area contributed by atoms with E-state index in [9.17, 15) is 0 Å². The Morgan fingerprint density at radius 3 is 3.00 bits per heavy atom. The summed E-state index contributed by atoms with van der Waals surface area (Å²) in [6.45, 7) is 0. The highest BCUT2D eigenvalue weighted by Gasteiger charge is 2.20. The van der Waals surface area contributed by atoms with Crippen LogP contribution in [0.25, 0.3) is 11.4 Å². The molecule has 124 valence electrons. The lowest BCUT2D eigenvalue weighted by Gasteiger charge is -2.12. The lowest BCUT2D eigenvalue weighted by Crippen LogP contribution is -2.02. The number of fused-ring (bicyclic) bond motifs is 1. The lowest BCUT2D eigenvalue weighted by molar-refractivity contribution is 0.696. The first-order valence-corrected chi connectivity index (χ1v) is 10.7. The predicted octanol–water partition coefficient (Wildman–Crippen LogP) is 5.48. The van der Waals surface area contributed by atoms with Crippen LogP contribution in [0.3, 0.4) is 0 Å². The summed E-state index contributed by atoms with van der Waals surface area (Å²) in [5.41, 5.74) is 4.08. The summed E-state index contributed by atoms with van der Waals surface area (Å²) in [6, 6.07) is 8.41. The highest BCUT2D eigenvalue weighted by Crippen LogP contribution is 2.36. The van der Waals surface area contributed by atoms with Crippen LogP contribution in [-0.4, -0.2) is 14.8 Å². The van der Waals surface area contributed by atoms with E-state index in [0.717, 1.165) is 21.2 Å². The fraction of sp³-hybridized carbons (Fsp3) is 0.333. The highest BCUT2D eigenvalue weighted by molar-refractivity contribution is 9.10. The molecule has 2 heterocycles. The van der Waals surface area contributed by atoms with Crippen LogP contribution >= 0.6 is 39.0 Å². The fourth-order valence-electron chi connectivity index (χ4n) is 3.13. The Hall–Kier alpha value is -1.11. The molecule has 0 radical (unpaired) electrons. The van der Waals surface area contributed by atoms with E-state index in [2.05, 4.69) is 61.3 Å². The molecule has 4 rings (SSSR count). The Morgan fingerprint density at radius 2 is 2.12 bits per heavy atom. The average molecular weight is 420 g/mol. The molecule has 0 spiro atoms. The quantitative estimate of drug-likeness (QED) is 0.524. The first kappa shape index (κ1) is 16.4. The molecule has 1 aromatic carbocycles. The number of hydrogen-bond acceptors (Lipinski definition) is 4. The number of benzene rings is 1. The monoisotopic (exact) mass is 419 g/mol. The molecule has 6 heteroatoms. The molecule has 0 saturated heterocycles. The molecular weight excluding hydrogens is 402 g/mol. The second-order valence-corrected chi connectivity index (χ2v) is 8.86. The summed E-state index contributed by atoms with van der Waals surface area (Å²) < 4.78 is 3.25. The second kappa shape index (κ2) is 7.02. The minimum atomic E-state index is 0.896. The summed E-state index contributed by atoms with van der Waals surface area (Å²) in [5.74, 6) is 1.90. The number of halogens is 1. The van der Waals surface area contributed by atoms with Crippen molar-refractivity contribution in [3.63, 3.8) is 0 Å². The first-order valence-electron chi connectivity index (χ1n) is 8.08. The number of thiophene rings is 1. The van der Waals surface area contributed by atoms with Gasteiger partial charge in [0.15, 0.2) is 11.0 Å². The molecule has 2 aromatic heterocycles. The van der Waals surface area contributed by atoms with Gasteiger partial charge >= 0.3 is 0 Å². The van der Waals surface area contributed by atoms with Crippen molar-refractivity contribution in [2.75, 3.05) is 0 Å². The Morgan fingerprint density at radius 1 is 1.25 bits per heavy atom. The first-order chi connectivity index (χ1) is 11.7. The third-order valence-electron chi connectivity index (χ3n) is 4.39. The molecule has 0 aliphatic heterocycles. The number of nitrogens with zero attached hydrogens (tertiary/aromatic N) is 3. The van der Waals surface area contributed by atoms with Gasteiger partial charge in [-0.1, -0.05) is 39.8 Å². The molecule has 0 fully saturated rings. The molecule has 0 bridgehead atoms. The smallest absolute Gasteiger partial charge is 0.191 e. The molecule has 0 saturated carbocycles. The standard InChI is InChI=1S/C18H18BrN3S2/c1-22-17(15-11-23-16-8-3-2-7-14(15)16)20-21-18(22)24-10-12-5-4-6-13(19)9-12/h4-6,9,11H,2-3,7-8,10H2,1H3. The van der Waals surface area contributed by atoms with Crippen LogP contribution in [0.4, 0.5) is 0 Å². The normalized spacial score (nSPS) is 13.9. The van der Waals surface area contributed by atoms with Gasteiger partial charge in [-0.3, -0.25) is 0 Å². The third kappa shape index (κ3) is 3.19. The van der Waals surface area contributed by atoms with Gasteiger partial charge in [0, 0.05) is 33.1 Å². The van der Waals surface area contributed by atoms with Crippen molar-refractivity contribution in [1.29, 1.82) is 0 Å². The summed E-state index contributed by atoms with van der Waals surface area (Å²) in [6.07, 6.45) is 5.02. The Balaban J connectivity index is 1.56. The van der Waals surface area contributed by atoms with Crippen molar-refractivity contribution in [2.45, 2.75) is 36.6 Å². The number of aromatic nitrogens is 3. The van der Waals surface area contributed by atoms with Crippen LogP contribution in [0.15, 0.2) is 39.3 Å². The maximum absolute atomic E-state index is 4.49. The number of thioether (sulfide) groups is 1. The van der Waals surface area contributed by atoms with Gasteiger partial charge < -0.3 is 4.57 Å². The van der Waals surface area contributed by atoms with Gasteiger partial charge in [0.1, 0.15) is 0 Å². The van der Waals surface area contributed by atoms with E-state index in [1.165, 1.54) is 42.4 Å². The van der Waals surface area contributed by atoms with Crippen molar-refractivity contribution in [1.82, 2.24) is 14.8 Å². The van der Waals surface area contributed by atoms with E-state index in [-0.39, 0.29) is 0 Å². The van der Waals surface area contributed by atoms with Crippen LogP contribution in [0.5, 0.6) is 0 Å². The zero-order valence-electron chi connectivity index (χ0n) is 13.5. The third-order valence-corrected chi connectivity index (χ3v) is 7.07. The molecule has 0 atom stereocenters. The van der Waals surface area contributed by atoms with Crippen molar-refractivity contribution in [3.8, 4) is 11.4 Å². The van der Waals surface area contributed by atoms with Crippen molar-refractivity contribution < 1.29 is 0 Å². The average Bonchev–Trinajstić information content (AvgIpc) is 3.16. The molecular formula is C18H18BrN3S2. The van der Waals surface area contributed by atoms with Crippen molar-refractivity contribution in [3.05, 3.63) is 50.1 Å². The number of hydrogen-bond donors (Lipinski definition) is 0. The largest absolute Gasteiger partial charge is 0.305 e. The van der Waals surface area contributed by atoms with Gasteiger partial charge in [0.05, 0.1) is 0 Å². The van der Waals surface area contributed by atoms with Gasteiger partial charge in [0.25, 0.3) is 0 Å². The highest BCUT2D eigenvalue weighted by atomic mass is 79.9. The Labute approximate surface area is 158 Å². The van der Waals surface area contributed by atoms with Gasteiger partial charge in [0.2, 0.25) is 0 Å². The second-order valence-electron chi connectivity index (χ2n) is 6.04. The molecule has 1 aliphatic rings. The van der Waals surface area contributed by atoms with Crippen LogP contribution < -0.4 is 0 Å². The van der Waals surface area contributed by atoms with Crippen molar-refractivity contribution >= 4 is 39.0 Å². The molecule has 24 heavy (non-hydrogen) atoms. The Kier molecular flexibility index (Phi) is 4.79. The van der Waals surface area contributed by atoms with Gasteiger partial charge in [-0.15, -0.1) is 21.5 Å². The van der Waals surface area contributed by atoms with Crippen molar-refractivity contribution in [2.24, 2.45) is 7.05 Å². The molecule has 0 N–H and O–H groups in total. The minimum absolute atomic E-state index is 0.896. The zero-order chi connectivity index (χ0) is 16.5. The van der Waals surface area contributed by atoms with E-state index in [0.29, 0.717) is 0 Å². The van der Waals surface area contributed by atoms with Gasteiger partial charge in [-0.25, -0.2) is 0 Å². The van der Waals surface area contributed by atoms with Crippen LogP contribution in [0.1, 0.15) is 28.8 Å². The summed E-state index contributed by atoms with van der Waals surface area (Å²) in [5, 5.41) is 12.2. The van der Waals surface area contributed by atoms with E-state index in [1.807, 2.05) is 17.4 Å². The topological polar surface area (TPSA) is 30.7 Å². The lowest BCUT2D eigenvalue weighted by atomic mass is 9.96. The summed E-state index contributed by atoms with van der Waals surface area (Å²) >= 11 is 7.15. The van der Waals surface area contributed by atoms with Gasteiger partial charge in [-0.05, 0) is 48.9 Å². The van der Waals surface area contributed by atoms with E-state index < -0.39 is 0 Å². The molecule has 3 aromatic rings. The van der Waals surface area contributed by atoms with Crippen LogP contribution in [-0.2, 0) is 25.6 Å². The maximum Gasteiger partial charge on any atom is 0.191 e. The molecule has 3 nitrogen and oxygen atoms in total. The SMILES string of the molecule is Cn1c(SCc2cccc(Br)c2)nnc1-c1csc2c1CCCC2. The molecule has 0 amide bonds. The minimum Gasteiger partial charge on any atom is -0.305 e. The zero-order valence-corrected chi connectivity index (χ0v) is 16.7. The van der Waals surface area contributed by atoms with E-state index in [1.54, 1.807) is 16.6 Å². The predicted molar refractivity (Wildman–Crippen MR) is 105 cm³/mol. The molecule has 0 unspecified atom stereocenters. The summed E-state index contributed by atoms with van der Waals surface area (Å²) in [7, 11) is 2.07. The van der Waals surface area contributed by atoms with E-state index >= 15 is 0 Å². The van der Waals surface area contributed by atoms with Crippen LogP contribution in [0.2, 0.25) is 0 Å². The summed E-state index contributed by atoms with van der Waals surface area (Å²) in [4.78, 5) is 1.54. The van der Waals surface area contributed by atoms with Gasteiger partial charge in [-0.2, -0.15) is 0 Å².